The monoisotopic (exact) mass is 219 g/mol. The fourth-order valence-electron chi connectivity index (χ4n) is 1.59. The van der Waals surface area contributed by atoms with Gasteiger partial charge in [-0.1, -0.05) is 0 Å². The number of nitrogens with zero attached hydrogens (tertiary/aromatic N) is 2. The minimum atomic E-state index is 0.200. The van der Waals surface area contributed by atoms with Crippen molar-refractivity contribution in [2.75, 3.05) is 7.05 Å². The van der Waals surface area contributed by atoms with Gasteiger partial charge in [0, 0.05) is 22.8 Å². The summed E-state index contributed by atoms with van der Waals surface area (Å²) in [6.45, 7) is 2.12. The first-order valence-electron chi connectivity index (χ1n) is 4.79. The highest BCUT2D eigenvalue weighted by molar-refractivity contribution is 7.10. The fraction of sp³-hybridized carbons (Fsp3) is 0.273. The van der Waals surface area contributed by atoms with Gasteiger partial charge in [0.1, 0.15) is 6.33 Å². The van der Waals surface area contributed by atoms with Crippen molar-refractivity contribution >= 4 is 11.3 Å². The molecule has 1 unspecified atom stereocenters. The van der Waals surface area contributed by atoms with E-state index in [4.69, 9.17) is 0 Å². The summed E-state index contributed by atoms with van der Waals surface area (Å²) in [5.74, 6) is 0. The fourth-order valence-corrected chi connectivity index (χ4v) is 2.65. The third kappa shape index (κ3) is 2.06. The van der Waals surface area contributed by atoms with E-state index in [-0.39, 0.29) is 6.04 Å². The van der Waals surface area contributed by atoms with Crippen molar-refractivity contribution in [1.82, 2.24) is 15.3 Å². The number of aryl methyl sites for hydroxylation is 1. The quantitative estimate of drug-likeness (QED) is 0.859. The molecule has 0 aliphatic rings. The van der Waals surface area contributed by atoms with E-state index in [1.165, 1.54) is 10.4 Å². The molecule has 4 heteroatoms. The Bertz CT molecular complexity index is 424. The van der Waals surface area contributed by atoms with Crippen LogP contribution in [0.15, 0.2) is 30.2 Å². The van der Waals surface area contributed by atoms with Gasteiger partial charge in [0.25, 0.3) is 0 Å². The minimum absolute atomic E-state index is 0.200. The summed E-state index contributed by atoms with van der Waals surface area (Å²) >= 11 is 1.76. The molecule has 0 fully saturated rings. The molecule has 2 aromatic heterocycles. The van der Waals surface area contributed by atoms with Gasteiger partial charge in [0.2, 0.25) is 0 Å². The van der Waals surface area contributed by atoms with E-state index in [1.807, 2.05) is 19.4 Å². The molecule has 0 aliphatic heterocycles. The predicted octanol–water partition coefficient (Wildman–Crippen LogP) is 2.16. The molecule has 15 heavy (non-hydrogen) atoms. The molecule has 0 saturated heterocycles. The van der Waals surface area contributed by atoms with Gasteiger partial charge in [0.15, 0.2) is 0 Å². The third-order valence-corrected chi connectivity index (χ3v) is 3.45. The molecule has 3 nitrogen and oxygen atoms in total. The molecule has 0 amide bonds. The molecule has 2 heterocycles. The van der Waals surface area contributed by atoms with Crippen LogP contribution in [0.3, 0.4) is 0 Å². The zero-order chi connectivity index (χ0) is 10.7. The van der Waals surface area contributed by atoms with E-state index >= 15 is 0 Å². The first kappa shape index (κ1) is 10.3. The Morgan fingerprint density at radius 1 is 1.33 bits per heavy atom. The van der Waals surface area contributed by atoms with Crippen LogP contribution < -0.4 is 5.32 Å². The highest BCUT2D eigenvalue weighted by Gasteiger charge is 2.15. The van der Waals surface area contributed by atoms with Crippen LogP contribution in [0.2, 0.25) is 0 Å². The molecule has 0 spiro atoms. The van der Waals surface area contributed by atoms with Crippen molar-refractivity contribution in [3.63, 3.8) is 0 Å². The van der Waals surface area contributed by atoms with E-state index in [0.29, 0.717) is 0 Å². The molecule has 1 atom stereocenters. The van der Waals surface area contributed by atoms with Gasteiger partial charge in [-0.05, 0) is 31.0 Å². The molecule has 0 saturated carbocycles. The highest BCUT2D eigenvalue weighted by atomic mass is 32.1. The van der Waals surface area contributed by atoms with Gasteiger partial charge < -0.3 is 5.32 Å². The molecule has 0 bridgehead atoms. The molecule has 0 aromatic carbocycles. The second-order valence-electron chi connectivity index (χ2n) is 3.36. The molecular weight excluding hydrogens is 206 g/mol. The van der Waals surface area contributed by atoms with Crippen molar-refractivity contribution in [3.8, 4) is 0 Å². The Kier molecular flexibility index (Phi) is 3.08. The first-order valence-corrected chi connectivity index (χ1v) is 5.67. The lowest BCUT2D eigenvalue weighted by atomic mass is 10.1. The molecule has 0 aliphatic carbocycles. The SMILES string of the molecule is CNC(c1cncnc1)c1sccc1C. The lowest BCUT2D eigenvalue weighted by Crippen LogP contribution is -2.17. The summed E-state index contributed by atoms with van der Waals surface area (Å²) in [6.07, 6.45) is 5.26. The van der Waals surface area contributed by atoms with Crippen molar-refractivity contribution in [3.05, 3.63) is 46.2 Å². The molecular formula is C11H13N3S. The normalized spacial score (nSPS) is 12.7. The van der Waals surface area contributed by atoms with E-state index in [2.05, 4.69) is 33.7 Å². The molecule has 78 valence electrons. The van der Waals surface area contributed by atoms with Crippen LogP contribution in [0, 0.1) is 6.92 Å². The zero-order valence-corrected chi connectivity index (χ0v) is 9.58. The third-order valence-electron chi connectivity index (χ3n) is 2.37. The largest absolute Gasteiger partial charge is 0.309 e. The van der Waals surface area contributed by atoms with Crippen molar-refractivity contribution in [2.24, 2.45) is 0 Å². The summed E-state index contributed by atoms with van der Waals surface area (Å²) in [5, 5.41) is 5.40. The predicted molar refractivity (Wildman–Crippen MR) is 62.0 cm³/mol. The van der Waals surface area contributed by atoms with Crippen molar-refractivity contribution in [1.29, 1.82) is 0 Å². The van der Waals surface area contributed by atoms with E-state index in [0.717, 1.165) is 5.56 Å². The maximum absolute atomic E-state index is 4.05. The second-order valence-corrected chi connectivity index (χ2v) is 4.31. The van der Waals surface area contributed by atoms with Gasteiger partial charge in [-0.25, -0.2) is 9.97 Å². The van der Waals surface area contributed by atoms with Gasteiger partial charge in [-0.15, -0.1) is 11.3 Å². The summed E-state index contributed by atoms with van der Waals surface area (Å²) in [7, 11) is 1.96. The lowest BCUT2D eigenvalue weighted by molar-refractivity contribution is 0.693. The van der Waals surface area contributed by atoms with Crippen LogP contribution in [0.5, 0.6) is 0 Å². The second kappa shape index (κ2) is 4.51. The van der Waals surface area contributed by atoms with E-state index in [1.54, 1.807) is 17.7 Å². The van der Waals surface area contributed by atoms with E-state index < -0.39 is 0 Å². The van der Waals surface area contributed by atoms with E-state index in [9.17, 15) is 0 Å². The van der Waals surface area contributed by atoms with Crippen LogP contribution in [-0.4, -0.2) is 17.0 Å². The number of rotatable bonds is 3. The standard InChI is InChI=1S/C11H13N3S/c1-8-3-4-15-11(8)10(12-2)9-5-13-7-14-6-9/h3-7,10,12H,1-2H3. The molecule has 1 N–H and O–H groups in total. The average molecular weight is 219 g/mol. The number of hydrogen-bond acceptors (Lipinski definition) is 4. The highest BCUT2D eigenvalue weighted by Crippen LogP contribution is 2.28. The first-order chi connectivity index (χ1) is 7.33. The van der Waals surface area contributed by atoms with Gasteiger partial charge in [0.05, 0.1) is 6.04 Å². The van der Waals surface area contributed by atoms with Crippen LogP contribution in [0.4, 0.5) is 0 Å². The maximum Gasteiger partial charge on any atom is 0.115 e. The minimum Gasteiger partial charge on any atom is -0.309 e. The maximum atomic E-state index is 4.05. The lowest BCUT2D eigenvalue weighted by Gasteiger charge is -2.15. The summed E-state index contributed by atoms with van der Waals surface area (Å²) in [5.41, 5.74) is 2.41. The Hall–Kier alpha value is -1.26. The topological polar surface area (TPSA) is 37.8 Å². The zero-order valence-electron chi connectivity index (χ0n) is 8.77. The summed E-state index contributed by atoms with van der Waals surface area (Å²) < 4.78 is 0. The molecule has 2 rings (SSSR count). The summed E-state index contributed by atoms with van der Waals surface area (Å²) in [6, 6.07) is 2.33. The Morgan fingerprint density at radius 3 is 2.60 bits per heavy atom. The summed E-state index contributed by atoms with van der Waals surface area (Å²) in [4.78, 5) is 9.42. The number of aromatic nitrogens is 2. The number of hydrogen-bond donors (Lipinski definition) is 1. The van der Waals surface area contributed by atoms with Gasteiger partial charge in [-0.2, -0.15) is 0 Å². The Morgan fingerprint density at radius 2 is 2.07 bits per heavy atom. The average Bonchev–Trinajstić information content (AvgIpc) is 2.68. The van der Waals surface area contributed by atoms with Crippen LogP contribution in [0.1, 0.15) is 22.0 Å². The van der Waals surface area contributed by atoms with Gasteiger partial charge in [-0.3, -0.25) is 0 Å². The molecule has 0 radical (unpaired) electrons. The van der Waals surface area contributed by atoms with Crippen molar-refractivity contribution < 1.29 is 0 Å². The van der Waals surface area contributed by atoms with Gasteiger partial charge >= 0.3 is 0 Å². The van der Waals surface area contributed by atoms with Crippen LogP contribution in [-0.2, 0) is 0 Å². The number of thiophene rings is 1. The smallest absolute Gasteiger partial charge is 0.115 e. The Labute approximate surface area is 93.2 Å². The number of nitrogens with one attached hydrogen (secondary N) is 1. The van der Waals surface area contributed by atoms with Crippen LogP contribution in [0.25, 0.3) is 0 Å². The Balaban J connectivity index is 2.37. The van der Waals surface area contributed by atoms with Crippen LogP contribution >= 0.6 is 11.3 Å². The molecule has 2 aromatic rings. The van der Waals surface area contributed by atoms with Crippen molar-refractivity contribution in [2.45, 2.75) is 13.0 Å².